The van der Waals surface area contributed by atoms with Gasteiger partial charge in [0.05, 0.1) is 0 Å². The number of carbonyl (C=O) groups excluding carboxylic acids is 1. The standard InChI is InChI=1S/C14H13NO3S/c15-19(17,18)14(12-9-5-2-6-10-12)13(16)11-7-3-1-4-8-11/h1-10,14H,(H2,15,17,18). The molecule has 2 rings (SSSR count). The van der Waals surface area contributed by atoms with Crippen molar-refractivity contribution in [2.45, 2.75) is 5.25 Å². The van der Waals surface area contributed by atoms with Crippen molar-refractivity contribution in [3.05, 3.63) is 71.8 Å². The van der Waals surface area contributed by atoms with Crippen molar-refractivity contribution < 1.29 is 13.2 Å². The molecule has 5 heteroatoms. The second kappa shape index (κ2) is 5.34. The highest BCUT2D eigenvalue weighted by atomic mass is 32.2. The number of rotatable bonds is 4. The van der Waals surface area contributed by atoms with Gasteiger partial charge < -0.3 is 0 Å². The minimum Gasteiger partial charge on any atom is -0.292 e. The van der Waals surface area contributed by atoms with E-state index in [1.807, 2.05) is 0 Å². The molecule has 4 nitrogen and oxygen atoms in total. The monoisotopic (exact) mass is 275 g/mol. The Labute approximate surface area is 111 Å². The number of nitrogens with two attached hydrogens (primary N) is 1. The first kappa shape index (κ1) is 13.5. The van der Waals surface area contributed by atoms with Crippen LogP contribution in [0.2, 0.25) is 0 Å². The average molecular weight is 275 g/mol. The van der Waals surface area contributed by atoms with Gasteiger partial charge in [-0.2, -0.15) is 0 Å². The van der Waals surface area contributed by atoms with E-state index in [0.717, 1.165) is 0 Å². The minimum absolute atomic E-state index is 0.324. The summed E-state index contributed by atoms with van der Waals surface area (Å²) >= 11 is 0. The van der Waals surface area contributed by atoms with Crippen molar-refractivity contribution in [2.75, 3.05) is 0 Å². The van der Waals surface area contributed by atoms with Gasteiger partial charge >= 0.3 is 0 Å². The smallest absolute Gasteiger partial charge is 0.223 e. The van der Waals surface area contributed by atoms with Crippen molar-refractivity contribution in [3.8, 4) is 0 Å². The lowest BCUT2D eigenvalue weighted by Crippen LogP contribution is -2.28. The molecule has 0 aromatic heterocycles. The van der Waals surface area contributed by atoms with Crippen LogP contribution in [0.15, 0.2) is 60.7 Å². The van der Waals surface area contributed by atoms with Gasteiger partial charge in [-0.25, -0.2) is 13.6 Å². The van der Waals surface area contributed by atoms with Gasteiger partial charge in [0, 0.05) is 5.56 Å². The highest BCUT2D eigenvalue weighted by molar-refractivity contribution is 7.90. The van der Waals surface area contributed by atoms with Crippen LogP contribution in [0.25, 0.3) is 0 Å². The highest BCUT2D eigenvalue weighted by Crippen LogP contribution is 2.24. The molecule has 2 aromatic rings. The van der Waals surface area contributed by atoms with Crippen molar-refractivity contribution in [1.29, 1.82) is 0 Å². The molecule has 0 heterocycles. The number of hydrogen-bond donors (Lipinski definition) is 1. The maximum Gasteiger partial charge on any atom is 0.223 e. The summed E-state index contributed by atoms with van der Waals surface area (Å²) < 4.78 is 23.4. The molecule has 0 aliphatic rings. The van der Waals surface area contributed by atoms with Crippen LogP contribution in [0.3, 0.4) is 0 Å². The molecule has 0 saturated carbocycles. The molecule has 0 aliphatic heterocycles. The molecule has 2 aromatic carbocycles. The van der Waals surface area contributed by atoms with Crippen LogP contribution < -0.4 is 5.14 Å². The number of carbonyl (C=O) groups is 1. The Morgan fingerprint density at radius 1 is 0.895 bits per heavy atom. The first-order valence-electron chi connectivity index (χ1n) is 5.66. The van der Waals surface area contributed by atoms with E-state index in [4.69, 9.17) is 5.14 Å². The number of sulfonamides is 1. The zero-order valence-electron chi connectivity index (χ0n) is 10.1. The van der Waals surface area contributed by atoms with Crippen molar-refractivity contribution in [1.82, 2.24) is 0 Å². The molecule has 98 valence electrons. The molecule has 0 bridgehead atoms. The Morgan fingerprint density at radius 2 is 1.37 bits per heavy atom. The zero-order chi connectivity index (χ0) is 13.9. The van der Waals surface area contributed by atoms with E-state index >= 15 is 0 Å². The Hall–Kier alpha value is -1.98. The molecular weight excluding hydrogens is 262 g/mol. The van der Waals surface area contributed by atoms with Gasteiger partial charge in [-0.15, -0.1) is 0 Å². The third kappa shape index (κ3) is 3.07. The summed E-state index contributed by atoms with van der Waals surface area (Å²) in [4.78, 5) is 12.3. The normalized spacial score (nSPS) is 12.9. The van der Waals surface area contributed by atoms with Crippen LogP contribution in [0.4, 0.5) is 0 Å². The van der Waals surface area contributed by atoms with E-state index < -0.39 is 21.1 Å². The van der Waals surface area contributed by atoms with Gasteiger partial charge in [-0.1, -0.05) is 60.7 Å². The molecule has 0 spiro atoms. The van der Waals surface area contributed by atoms with E-state index in [1.165, 1.54) is 0 Å². The molecule has 19 heavy (non-hydrogen) atoms. The van der Waals surface area contributed by atoms with Crippen LogP contribution in [-0.2, 0) is 10.0 Å². The lowest BCUT2D eigenvalue weighted by Gasteiger charge is -2.14. The fraction of sp³-hybridized carbons (Fsp3) is 0.0714. The third-order valence-corrected chi connectivity index (χ3v) is 3.87. The maximum atomic E-state index is 12.3. The molecule has 0 amide bonds. The first-order valence-corrected chi connectivity index (χ1v) is 7.27. The molecule has 2 N–H and O–H groups in total. The van der Waals surface area contributed by atoms with E-state index in [-0.39, 0.29) is 0 Å². The van der Waals surface area contributed by atoms with Crippen molar-refractivity contribution in [2.24, 2.45) is 5.14 Å². The van der Waals surface area contributed by atoms with E-state index in [9.17, 15) is 13.2 Å². The van der Waals surface area contributed by atoms with Crippen LogP contribution in [0, 0.1) is 0 Å². The van der Waals surface area contributed by atoms with Gasteiger partial charge in [0.1, 0.15) is 0 Å². The number of Topliss-reactive ketones (excluding diaryl/α,β-unsaturated/α-hetero) is 1. The van der Waals surface area contributed by atoms with E-state index in [0.29, 0.717) is 11.1 Å². The summed E-state index contributed by atoms with van der Waals surface area (Å²) in [5.41, 5.74) is 0.698. The first-order chi connectivity index (χ1) is 9.00. The Balaban J connectivity index is 2.50. The third-order valence-electron chi connectivity index (χ3n) is 2.73. The summed E-state index contributed by atoms with van der Waals surface area (Å²) in [5, 5.41) is 3.84. The van der Waals surface area contributed by atoms with Crippen molar-refractivity contribution >= 4 is 15.8 Å². The van der Waals surface area contributed by atoms with E-state index in [2.05, 4.69) is 0 Å². The van der Waals surface area contributed by atoms with Gasteiger partial charge in [0.2, 0.25) is 10.0 Å². The second-order valence-corrected chi connectivity index (χ2v) is 5.76. The van der Waals surface area contributed by atoms with Crippen LogP contribution in [0.5, 0.6) is 0 Å². The Morgan fingerprint density at radius 3 is 1.84 bits per heavy atom. The largest absolute Gasteiger partial charge is 0.292 e. The fourth-order valence-corrected chi connectivity index (χ4v) is 2.84. The molecule has 1 unspecified atom stereocenters. The average Bonchev–Trinajstić information content (AvgIpc) is 2.39. The van der Waals surface area contributed by atoms with Crippen molar-refractivity contribution in [3.63, 3.8) is 0 Å². The summed E-state index contributed by atoms with van der Waals surface area (Å²) in [6.45, 7) is 0. The van der Waals surface area contributed by atoms with Crippen LogP contribution in [0.1, 0.15) is 21.2 Å². The highest BCUT2D eigenvalue weighted by Gasteiger charge is 2.31. The fourth-order valence-electron chi connectivity index (χ4n) is 1.87. The Bertz CT molecular complexity index is 666. The molecule has 0 radical (unpaired) electrons. The predicted octanol–water partition coefficient (Wildman–Crippen LogP) is 1.90. The molecule has 0 aliphatic carbocycles. The lowest BCUT2D eigenvalue weighted by molar-refractivity contribution is 0.0987. The Kier molecular flexibility index (Phi) is 3.78. The minimum atomic E-state index is -4.01. The SMILES string of the molecule is NS(=O)(=O)C(C(=O)c1ccccc1)c1ccccc1. The number of benzene rings is 2. The summed E-state index contributed by atoms with van der Waals surface area (Å²) in [5.74, 6) is -0.519. The van der Waals surface area contributed by atoms with Gasteiger partial charge in [0.15, 0.2) is 11.0 Å². The van der Waals surface area contributed by atoms with Gasteiger partial charge in [-0.05, 0) is 5.56 Å². The summed E-state index contributed by atoms with van der Waals surface area (Å²) in [7, 11) is -4.01. The summed E-state index contributed by atoms with van der Waals surface area (Å²) in [6.07, 6.45) is 0. The topological polar surface area (TPSA) is 77.2 Å². The number of ketones is 1. The van der Waals surface area contributed by atoms with Crippen LogP contribution in [-0.4, -0.2) is 14.2 Å². The number of primary sulfonamides is 1. The van der Waals surface area contributed by atoms with Gasteiger partial charge in [0.25, 0.3) is 0 Å². The van der Waals surface area contributed by atoms with E-state index in [1.54, 1.807) is 60.7 Å². The van der Waals surface area contributed by atoms with Crippen LogP contribution >= 0.6 is 0 Å². The molecule has 0 saturated heterocycles. The summed E-state index contributed by atoms with van der Waals surface area (Å²) in [6, 6.07) is 16.5. The van der Waals surface area contributed by atoms with Gasteiger partial charge in [-0.3, -0.25) is 4.79 Å². The maximum absolute atomic E-state index is 12.3. The molecule has 0 fully saturated rings. The number of hydrogen-bond acceptors (Lipinski definition) is 3. The lowest BCUT2D eigenvalue weighted by atomic mass is 10.0. The zero-order valence-corrected chi connectivity index (χ0v) is 10.9. The molecular formula is C14H13NO3S. The predicted molar refractivity (Wildman–Crippen MR) is 73.1 cm³/mol. The molecule has 1 atom stereocenters. The quantitative estimate of drug-likeness (QED) is 0.866. The second-order valence-electron chi connectivity index (χ2n) is 4.11.